The molecule has 0 N–H and O–H groups in total. The van der Waals surface area contributed by atoms with Crippen LogP contribution in [0.25, 0.3) is 11.1 Å². The largest absolute Gasteiger partial charge is 0.416 e. The van der Waals surface area contributed by atoms with Gasteiger partial charge in [0.25, 0.3) is 0 Å². The van der Waals surface area contributed by atoms with Gasteiger partial charge in [-0.05, 0) is 28.8 Å². The summed E-state index contributed by atoms with van der Waals surface area (Å²) in [5.74, 6) is 0. The van der Waals surface area contributed by atoms with Crippen molar-refractivity contribution >= 4 is 0 Å². The molecule has 0 saturated carbocycles. The normalized spacial score (nSPS) is 11.1. The minimum Gasteiger partial charge on any atom is -0.198 e. The Bertz CT molecular complexity index is 624. The van der Waals surface area contributed by atoms with Crippen LogP contribution in [0.1, 0.15) is 11.1 Å². The number of nitriles is 1. The number of hydrogen-bond donors (Lipinski definition) is 0. The number of halogens is 3. The Labute approximate surface area is 108 Å². The van der Waals surface area contributed by atoms with E-state index in [0.717, 1.165) is 17.7 Å². The van der Waals surface area contributed by atoms with Crippen molar-refractivity contribution in [2.24, 2.45) is 0 Å². The van der Waals surface area contributed by atoms with Crippen molar-refractivity contribution in [2.75, 3.05) is 0 Å². The first-order chi connectivity index (χ1) is 9.00. The van der Waals surface area contributed by atoms with Crippen molar-refractivity contribution in [3.05, 3.63) is 59.7 Å². The van der Waals surface area contributed by atoms with E-state index in [-0.39, 0.29) is 6.42 Å². The molecule has 96 valence electrons. The smallest absolute Gasteiger partial charge is 0.198 e. The van der Waals surface area contributed by atoms with E-state index in [1.807, 2.05) is 6.07 Å². The summed E-state index contributed by atoms with van der Waals surface area (Å²) in [4.78, 5) is 0. The van der Waals surface area contributed by atoms with E-state index in [9.17, 15) is 13.2 Å². The molecule has 0 spiro atoms. The van der Waals surface area contributed by atoms with Crippen molar-refractivity contribution in [1.29, 1.82) is 5.26 Å². The first kappa shape index (κ1) is 13.2. The third-order valence-corrected chi connectivity index (χ3v) is 2.73. The summed E-state index contributed by atoms with van der Waals surface area (Å²) >= 11 is 0. The first-order valence-electron chi connectivity index (χ1n) is 5.64. The van der Waals surface area contributed by atoms with Crippen molar-refractivity contribution in [2.45, 2.75) is 12.6 Å². The van der Waals surface area contributed by atoms with Gasteiger partial charge in [-0.15, -0.1) is 0 Å². The van der Waals surface area contributed by atoms with Crippen LogP contribution in [0.4, 0.5) is 13.2 Å². The molecule has 0 unspecified atom stereocenters. The average molecular weight is 261 g/mol. The van der Waals surface area contributed by atoms with Crippen LogP contribution < -0.4 is 0 Å². The molecule has 2 aromatic rings. The van der Waals surface area contributed by atoms with Crippen molar-refractivity contribution in [3.63, 3.8) is 0 Å². The highest BCUT2D eigenvalue weighted by molar-refractivity contribution is 5.65. The van der Waals surface area contributed by atoms with E-state index < -0.39 is 11.7 Å². The topological polar surface area (TPSA) is 23.8 Å². The summed E-state index contributed by atoms with van der Waals surface area (Å²) in [5.41, 5.74) is 1.29. The van der Waals surface area contributed by atoms with Crippen molar-refractivity contribution in [1.82, 2.24) is 0 Å². The molecule has 0 atom stereocenters. The fourth-order valence-electron chi connectivity index (χ4n) is 1.83. The Morgan fingerprint density at radius 3 is 2.21 bits per heavy atom. The summed E-state index contributed by atoms with van der Waals surface area (Å²) in [5, 5.41) is 8.63. The molecular formula is C15H10F3N. The molecule has 1 nitrogen and oxygen atoms in total. The molecule has 0 saturated heterocycles. The molecule has 0 heterocycles. The highest BCUT2D eigenvalue weighted by atomic mass is 19.4. The fourth-order valence-corrected chi connectivity index (χ4v) is 1.83. The molecule has 19 heavy (non-hydrogen) atoms. The fraction of sp³-hybridized carbons (Fsp3) is 0.133. The second kappa shape index (κ2) is 5.15. The Kier molecular flexibility index (Phi) is 3.57. The van der Waals surface area contributed by atoms with Gasteiger partial charge in [0.05, 0.1) is 18.1 Å². The Hall–Kier alpha value is -2.28. The van der Waals surface area contributed by atoms with Crippen LogP contribution in [0.5, 0.6) is 0 Å². The SMILES string of the molecule is N#CCc1cccc(-c2cccc(C(F)(F)F)c2)c1. The molecule has 2 rings (SSSR count). The lowest BCUT2D eigenvalue weighted by atomic mass is 10.00. The highest BCUT2D eigenvalue weighted by Gasteiger charge is 2.30. The lowest BCUT2D eigenvalue weighted by Gasteiger charge is -2.09. The molecule has 0 aromatic heterocycles. The van der Waals surface area contributed by atoms with Crippen LogP contribution in [0.15, 0.2) is 48.5 Å². The molecule has 4 heteroatoms. The van der Waals surface area contributed by atoms with E-state index in [0.29, 0.717) is 11.1 Å². The van der Waals surface area contributed by atoms with Crippen LogP contribution in [0.3, 0.4) is 0 Å². The predicted molar refractivity (Wildman–Crippen MR) is 66.2 cm³/mol. The maximum Gasteiger partial charge on any atom is 0.416 e. The van der Waals surface area contributed by atoms with Gasteiger partial charge < -0.3 is 0 Å². The van der Waals surface area contributed by atoms with Crippen LogP contribution in [0, 0.1) is 11.3 Å². The quantitative estimate of drug-likeness (QED) is 0.784. The molecule has 2 aromatic carbocycles. The van der Waals surface area contributed by atoms with Gasteiger partial charge in [-0.3, -0.25) is 0 Å². The Morgan fingerprint density at radius 2 is 1.58 bits per heavy atom. The monoisotopic (exact) mass is 261 g/mol. The number of hydrogen-bond acceptors (Lipinski definition) is 1. The second-order valence-corrected chi connectivity index (χ2v) is 4.11. The summed E-state index contributed by atoms with van der Waals surface area (Å²) in [6, 6.07) is 14.2. The van der Waals surface area contributed by atoms with E-state index >= 15 is 0 Å². The minimum atomic E-state index is -4.35. The highest BCUT2D eigenvalue weighted by Crippen LogP contribution is 2.32. The molecular weight excluding hydrogens is 251 g/mol. The third kappa shape index (κ3) is 3.14. The van der Waals surface area contributed by atoms with E-state index in [2.05, 4.69) is 0 Å². The van der Waals surface area contributed by atoms with Crippen LogP contribution in [-0.2, 0) is 12.6 Å². The first-order valence-corrected chi connectivity index (χ1v) is 5.64. The van der Waals surface area contributed by atoms with E-state index in [4.69, 9.17) is 5.26 Å². The molecule has 0 aliphatic rings. The molecule has 0 amide bonds. The van der Waals surface area contributed by atoms with Gasteiger partial charge in [0.1, 0.15) is 0 Å². The maximum absolute atomic E-state index is 12.6. The number of rotatable bonds is 2. The van der Waals surface area contributed by atoms with Gasteiger partial charge in [0, 0.05) is 0 Å². The van der Waals surface area contributed by atoms with Crippen LogP contribution in [0.2, 0.25) is 0 Å². The Morgan fingerprint density at radius 1 is 0.947 bits per heavy atom. The Balaban J connectivity index is 2.42. The predicted octanol–water partition coefficient (Wildman–Crippen LogP) is 4.44. The summed E-state index contributed by atoms with van der Waals surface area (Å²) in [6.07, 6.45) is -4.10. The van der Waals surface area contributed by atoms with Crippen molar-refractivity contribution < 1.29 is 13.2 Å². The van der Waals surface area contributed by atoms with E-state index in [1.165, 1.54) is 6.07 Å². The van der Waals surface area contributed by atoms with Gasteiger partial charge in [-0.25, -0.2) is 0 Å². The molecule has 0 aliphatic heterocycles. The second-order valence-electron chi connectivity index (χ2n) is 4.11. The number of benzene rings is 2. The molecule has 0 fully saturated rings. The van der Waals surface area contributed by atoms with Crippen LogP contribution >= 0.6 is 0 Å². The van der Waals surface area contributed by atoms with Gasteiger partial charge in [0.15, 0.2) is 0 Å². The third-order valence-electron chi connectivity index (χ3n) is 2.73. The number of nitrogens with zero attached hydrogens (tertiary/aromatic N) is 1. The maximum atomic E-state index is 12.6. The lowest BCUT2D eigenvalue weighted by molar-refractivity contribution is -0.137. The zero-order valence-electron chi connectivity index (χ0n) is 9.91. The van der Waals surface area contributed by atoms with Gasteiger partial charge >= 0.3 is 6.18 Å². The summed E-state index contributed by atoms with van der Waals surface area (Å²) < 4.78 is 37.9. The molecule has 0 radical (unpaired) electrons. The lowest BCUT2D eigenvalue weighted by Crippen LogP contribution is -2.04. The van der Waals surface area contributed by atoms with Crippen LogP contribution in [-0.4, -0.2) is 0 Å². The molecule has 0 bridgehead atoms. The zero-order valence-corrected chi connectivity index (χ0v) is 9.91. The number of alkyl halides is 3. The van der Waals surface area contributed by atoms with Crippen molar-refractivity contribution in [3.8, 4) is 17.2 Å². The minimum absolute atomic E-state index is 0.243. The van der Waals surface area contributed by atoms with Gasteiger partial charge in [-0.1, -0.05) is 36.4 Å². The van der Waals surface area contributed by atoms with Gasteiger partial charge in [-0.2, -0.15) is 18.4 Å². The van der Waals surface area contributed by atoms with Gasteiger partial charge in [0.2, 0.25) is 0 Å². The molecule has 0 aliphatic carbocycles. The summed E-state index contributed by atoms with van der Waals surface area (Å²) in [7, 11) is 0. The van der Waals surface area contributed by atoms with E-state index in [1.54, 1.807) is 30.3 Å². The average Bonchev–Trinajstić information content (AvgIpc) is 2.39. The zero-order chi connectivity index (χ0) is 13.9. The standard InChI is InChI=1S/C15H10F3N/c16-15(17,18)14-6-2-5-13(10-14)12-4-1-3-11(9-12)7-8-19/h1-6,9-10H,7H2. The summed E-state index contributed by atoms with van der Waals surface area (Å²) in [6.45, 7) is 0.